The highest BCUT2D eigenvalue weighted by atomic mass is 32.2. The van der Waals surface area contributed by atoms with E-state index in [1.165, 1.54) is 59.9 Å². The van der Waals surface area contributed by atoms with E-state index < -0.39 is 20.2 Å². The highest BCUT2D eigenvalue weighted by Gasteiger charge is 2.14. The number of hydrogen-bond donors (Lipinski definition) is 0. The summed E-state index contributed by atoms with van der Waals surface area (Å²) in [5, 5.41) is 0. The van der Waals surface area contributed by atoms with E-state index in [1.54, 1.807) is 24.3 Å². The molecule has 0 atom stereocenters. The van der Waals surface area contributed by atoms with E-state index in [0.717, 1.165) is 24.2 Å². The van der Waals surface area contributed by atoms with E-state index in [0.29, 0.717) is 0 Å². The molecule has 230 valence electrons. The molecule has 2 aromatic carbocycles. The topological polar surface area (TPSA) is 132 Å². The molecule has 4 rings (SSSR count). The molecule has 2 aromatic heterocycles. The average Bonchev–Trinajstić information content (AvgIpc) is 3.28. The Labute approximate surface area is 250 Å². The molecule has 4 aromatic rings. The SMILES string of the molecule is Cc1cc(C)[n+](C)n1CCCCn1c(C)cc(C)[n+]1C.Cc1ccc(S(=O)(=O)[O-])cc1.Cc1ccc(S(=O)(=O)[O-])cc1. The van der Waals surface area contributed by atoms with Crippen LogP contribution in [0.2, 0.25) is 0 Å². The van der Waals surface area contributed by atoms with Crippen molar-refractivity contribution in [1.82, 2.24) is 9.36 Å². The van der Waals surface area contributed by atoms with E-state index in [9.17, 15) is 25.9 Å². The van der Waals surface area contributed by atoms with E-state index in [2.05, 4.69) is 72.7 Å². The van der Waals surface area contributed by atoms with E-state index in [1.807, 2.05) is 13.8 Å². The molecule has 0 aliphatic heterocycles. The van der Waals surface area contributed by atoms with Gasteiger partial charge in [0.05, 0.1) is 34.3 Å². The van der Waals surface area contributed by atoms with Gasteiger partial charge >= 0.3 is 0 Å². The number of nitrogens with zero attached hydrogens (tertiary/aromatic N) is 4. The van der Waals surface area contributed by atoms with Crippen LogP contribution in [0.3, 0.4) is 0 Å². The maximum Gasteiger partial charge on any atom is 0.204 e. The Morgan fingerprint density at radius 1 is 0.571 bits per heavy atom. The van der Waals surface area contributed by atoms with Crippen LogP contribution >= 0.6 is 0 Å². The third-order valence-corrected chi connectivity index (χ3v) is 8.70. The molecule has 0 spiro atoms. The molecule has 0 radical (unpaired) electrons. The summed E-state index contributed by atoms with van der Waals surface area (Å²) >= 11 is 0. The van der Waals surface area contributed by atoms with Gasteiger partial charge in [-0.3, -0.25) is 0 Å². The monoisotopic (exact) mass is 618 g/mol. The number of hydrogen-bond acceptors (Lipinski definition) is 6. The van der Waals surface area contributed by atoms with Crippen LogP contribution in [0.1, 0.15) is 46.7 Å². The predicted octanol–water partition coefficient (Wildman–Crippen LogP) is 3.45. The van der Waals surface area contributed by atoms with Crippen molar-refractivity contribution in [2.75, 3.05) is 0 Å². The van der Waals surface area contributed by atoms with E-state index in [4.69, 9.17) is 0 Å². The Morgan fingerprint density at radius 3 is 1.07 bits per heavy atom. The number of aryl methyl sites for hydroxylation is 6. The molecule has 12 heteroatoms. The Kier molecular flexibility index (Phi) is 12.2. The van der Waals surface area contributed by atoms with Gasteiger partial charge in [0.15, 0.2) is 14.1 Å². The lowest BCUT2D eigenvalue weighted by Crippen LogP contribution is -2.42. The molecule has 0 fully saturated rings. The van der Waals surface area contributed by atoms with Crippen molar-refractivity contribution >= 4 is 20.2 Å². The van der Waals surface area contributed by atoms with Gasteiger partial charge in [0.25, 0.3) is 0 Å². The minimum Gasteiger partial charge on any atom is -0.744 e. The van der Waals surface area contributed by atoms with E-state index in [-0.39, 0.29) is 9.79 Å². The van der Waals surface area contributed by atoms with Crippen molar-refractivity contribution in [1.29, 1.82) is 0 Å². The largest absolute Gasteiger partial charge is 0.744 e. The second-order valence-electron chi connectivity index (χ2n) is 10.4. The standard InChI is InChI=1S/C16H28N4.2C7H8O3S/c1-13-11-15(3)19(17(13)5)9-7-8-10-20-16(4)12-14(2)18(20)6;2*1-6-2-4-7(5-3-6)11(8,9)10/h11-12H,7-10H2,1-6H3;2*2-5H,1H3,(H,8,9,10)/q+2;;/p-2. The molecule has 10 nitrogen and oxygen atoms in total. The first-order chi connectivity index (χ1) is 19.4. The van der Waals surface area contributed by atoms with Gasteiger partial charge in [0.2, 0.25) is 11.4 Å². The van der Waals surface area contributed by atoms with Crippen molar-refractivity contribution in [2.24, 2.45) is 14.1 Å². The summed E-state index contributed by atoms with van der Waals surface area (Å²) in [5.41, 5.74) is 7.21. The normalized spacial score (nSPS) is 11.4. The highest BCUT2D eigenvalue weighted by Crippen LogP contribution is 2.09. The maximum absolute atomic E-state index is 10.4. The lowest BCUT2D eigenvalue weighted by Gasteiger charge is -2.05. The molecule has 0 amide bonds. The maximum atomic E-state index is 10.4. The summed E-state index contributed by atoms with van der Waals surface area (Å²) in [6.45, 7) is 14.5. The van der Waals surface area contributed by atoms with Gasteiger partial charge in [-0.1, -0.05) is 35.4 Å². The number of aromatic nitrogens is 4. The first kappa shape index (κ1) is 34.9. The van der Waals surface area contributed by atoms with Crippen LogP contribution in [0.5, 0.6) is 0 Å². The summed E-state index contributed by atoms with van der Waals surface area (Å²) in [6.07, 6.45) is 2.42. The molecule has 0 N–H and O–H groups in total. The Balaban J connectivity index is 0.000000239. The Morgan fingerprint density at radius 2 is 0.857 bits per heavy atom. The first-order valence-corrected chi connectivity index (χ1v) is 16.3. The van der Waals surface area contributed by atoms with E-state index >= 15 is 0 Å². The van der Waals surface area contributed by atoms with Gasteiger partial charge in [-0.05, 0) is 64.8 Å². The average molecular weight is 619 g/mol. The van der Waals surface area contributed by atoms with Gasteiger partial charge in [-0.2, -0.15) is 9.36 Å². The second kappa shape index (κ2) is 14.7. The van der Waals surface area contributed by atoms with Crippen LogP contribution in [0.4, 0.5) is 0 Å². The second-order valence-corrected chi connectivity index (χ2v) is 13.1. The van der Waals surface area contributed by atoms with Crippen LogP contribution in [0.25, 0.3) is 0 Å². The molecule has 0 saturated heterocycles. The molecule has 42 heavy (non-hydrogen) atoms. The zero-order valence-corrected chi connectivity index (χ0v) is 27.3. The number of rotatable bonds is 7. The van der Waals surface area contributed by atoms with Crippen LogP contribution in [-0.2, 0) is 47.4 Å². The number of unbranched alkanes of at least 4 members (excludes halogenated alkanes) is 1. The zero-order chi connectivity index (χ0) is 31.8. The third-order valence-electron chi connectivity index (χ3n) is 7.00. The molecule has 0 aliphatic carbocycles. The van der Waals surface area contributed by atoms with Gasteiger partial charge < -0.3 is 9.11 Å². The summed E-state index contributed by atoms with van der Waals surface area (Å²) < 4.78 is 71.6. The van der Waals surface area contributed by atoms with Crippen molar-refractivity contribution in [3.63, 3.8) is 0 Å². The quantitative estimate of drug-likeness (QED) is 0.177. The van der Waals surface area contributed by atoms with Gasteiger partial charge in [-0.15, -0.1) is 9.36 Å². The Bertz CT molecular complexity index is 1560. The molecule has 0 saturated carbocycles. The molecule has 0 bridgehead atoms. The summed E-state index contributed by atoms with van der Waals surface area (Å²) in [4.78, 5) is -0.355. The third kappa shape index (κ3) is 10.2. The summed E-state index contributed by atoms with van der Waals surface area (Å²) in [7, 11) is -4.26. The Hall–Kier alpha value is -3.32. The summed E-state index contributed by atoms with van der Waals surface area (Å²) in [5.74, 6) is 0. The minimum absolute atomic E-state index is 0.178. The zero-order valence-electron chi connectivity index (χ0n) is 25.7. The number of benzene rings is 2. The fourth-order valence-electron chi connectivity index (χ4n) is 4.38. The van der Waals surface area contributed by atoms with Crippen molar-refractivity contribution in [2.45, 2.75) is 77.3 Å². The molecule has 2 heterocycles. The van der Waals surface area contributed by atoms with Gasteiger partial charge in [-0.25, -0.2) is 16.8 Å². The van der Waals surface area contributed by atoms with Crippen molar-refractivity contribution in [3.8, 4) is 0 Å². The molecular weight excluding hydrogens is 576 g/mol. The lowest BCUT2D eigenvalue weighted by molar-refractivity contribution is -0.760. The summed E-state index contributed by atoms with van der Waals surface area (Å²) in [6, 6.07) is 16.1. The van der Waals surface area contributed by atoms with Crippen LogP contribution < -0.4 is 9.36 Å². The van der Waals surface area contributed by atoms with Crippen LogP contribution in [0, 0.1) is 41.5 Å². The smallest absolute Gasteiger partial charge is 0.204 e. The molecular formula is C30H42N4O6S2. The fourth-order valence-corrected chi connectivity index (χ4v) is 5.32. The lowest BCUT2D eigenvalue weighted by atomic mass is 10.2. The highest BCUT2D eigenvalue weighted by molar-refractivity contribution is 7.86. The van der Waals surface area contributed by atoms with Crippen molar-refractivity contribution in [3.05, 3.63) is 94.6 Å². The van der Waals surface area contributed by atoms with Crippen LogP contribution in [-0.4, -0.2) is 35.3 Å². The minimum atomic E-state index is -4.27. The first-order valence-electron chi connectivity index (χ1n) is 13.5. The van der Waals surface area contributed by atoms with Crippen molar-refractivity contribution < 1.29 is 35.3 Å². The van der Waals surface area contributed by atoms with Gasteiger partial charge in [0, 0.05) is 26.0 Å². The molecule has 0 aliphatic rings. The van der Waals surface area contributed by atoms with Crippen LogP contribution in [0.15, 0.2) is 70.5 Å². The fraction of sp³-hybridized carbons (Fsp3) is 0.400. The predicted molar refractivity (Wildman–Crippen MR) is 158 cm³/mol. The molecule has 0 unspecified atom stereocenters. The van der Waals surface area contributed by atoms with Gasteiger partial charge in [0.1, 0.15) is 20.2 Å².